The van der Waals surface area contributed by atoms with Crippen LogP contribution in [0.25, 0.3) is 0 Å². The number of phenolic OH excluding ortho intramolecular Hbond substituents is 1. The van der Waals surface area contributed by atoms with Gasteiger partial charge in [0.05, 0.1) is 11.3 Å². The van der Waals surface area contributed by atoms with Gasteiger partial charge in [0.25, 0.3) is 5.91 Å². The minimum Gasteiger partial charge on any atom is -0.507 e. The smallest absolute Gasteiger partial charge is 0.259 e. The molecule has 0 radical (unpaired) electrons. The number of rotatable bonds is 2. The summed E-state index contributed by atoms with van der Waals surface area (Å²) in [5, 5.41) is 12.1. The van der Waals surface area contributed by atoms with Crippen molar-refractivity contribution in [2.45, 2.75) is 6.92 Å². The summed E-state index contributed by atoms with van der Waals surface area (Å²) in [5.74, 6) is -1.24. The van der Waals surface area contributed by atoms with E-state index in [4.69, 9.17) is 0 Å². The first kappa shape index (κ1) is 13.5. The number of carbonyl (C=O) groups is 1. The van der Waals surface area contributed by atoms with Crippen LogP contribution < -0.4 is 5.32 Å². The summed E-state index contributed by atoms with van der Waals surface area (Å²) in [5.41, 5.74) is 1.01. The molecule has 19 heavy (non-hydrogen) atoms. The monoisotopic (exact) mass is 323 g/mol. The highest BCUT2D eigenvalue weighted by Gasteiger charge is 2.13. The number of anilines is 1. The molecular weight excluding hydrogens is 313 g/mol. The van der Waals surface area contributed by atoms with Gasteiger partial charge in [-0.3, -0.25) is 4.79 Å². The maximum atomic E-state index is 13.6. The maximum absolute atomic E-state index is 13.6. The number of nitrogens with one attached hydrogen (secondary N) is 1. The molecule has 0 aliphatic heterocycles. The highest BCUT2D eigenvalue weighted by atomic mass is 79.9. The van der Waals surface area contributed by atoms with Gasteiger partial charge in [0.2, 0.25) is 0 Å². The number of hydrogen-bond acceptors (Lipinski definition) is 2. The predicted molar refractivity (Wildman–Crippen MR) is 74.9 cm³/mol. The summed E-state index contributed by atoms with van der Waals surface area (Å²) in [6, 6.07) is 8.99. The lowest BCUT2D eigenvalue weighted by molar-refractivity contribution is 0.102. The van der Waals surface area contributed by atoms with E-state index in [0.717, 1.165) is 5.56 Å². The highest BCUT2D eigenvalue weighted by Crippen LogP contribution is 2.23. The van der Waals surface area contributed by atoms with Crippen LogP contribution in [-0.2, 0) is 0 Å². The summed E-state index contributed by atoms with van der Waals surface area (Å²) >= 11 is 3.14. The molecule has 0 aromatic heterocycles. The summed E-state index contributed by atoms with van der Waals surface area (Å²) in [6.45, 7) is 1.80. The zero-order chi connectivity index (χ0) is 14.0. The van der Waals surface area contributed by atoms with Crippen molar-refractivity contribution in [3.63, 3.8) is 0 Å². The fourth-order valence-corrected chi connectivity index (χ4v) is 1.95. The zero-order valence-corrected chi connectivity index (χ0v) is 11.7. The molecule has 0 bridgehead atoms. The number of aryl methyl sites for hydroxylation is 1. The molecule has 0 saturated carbocycles. The van der Waals surface area contributed by atoms with E-state index in [2.05, 4.69) is 21.2 Å². The van der Waals surface area contributed by atoms with Crippen molar-refractivity contribution >= 4 is 27.5 Å². The Hall–Kier alpha value is -1.88. The highest BCUT2D eigenvalue weighted by molar-refractivity contribution is 9.10. The Kier molecular flexibility index (Phi) is 3.85. The molecule has 0 fully saturated rings. The van der Waals surface area contributed by atoms with Gasteiger partial charge in [-0.05, 0) is 37.3 Å². The van der Waals surface area contributed by atoms with Crippen LogP contribution in [0.1, 0.15) is 15.9 Å². The number of phenols is 1. The van der Waals surface area contributed by atoms with Gasteiger partial charge in [-0.25, -0.2) is 4.39 Å². The van der Waals surface area contributed by atoms with Crippen molar-refractivity contribution in [3.05, 3.63) is 57.8 Å². The summed E-state index contributed by atoms with van der Waals surface area (Å²) in [7, 11) is 0. The first-order chi connectivity index (χ1) is 8.97. The standard InChI is InChI=1S/C14H11BrFNO2/c1-8-2-5-13(18)10(6-8)14(19)17-12-4-3-9(15)7-11(12)16/h2-7,18H,1H3,(H,17,19). The summed E-state index contributed by atoms with van der Waals surface area (Å²) in [4.78, 5) is 12.0. The predicted octanol–water partition coefficient (Wildman–Crippen LogP) is 3.85. The quantitative estimate of drug-likeness (QED) is 0.881. The third kappa shape index (κ3) is 3.12. The molecule has 2 aromatic rings. The van der Waals surface area contributed by atoms with Crippen LogP contribution in [0.4, 0.5) is 10.1 Å². The average Bonchev–Trinajstić information content (AvgIpc) is 2.35. The van der Waals surface area contributed by atoms with Crippen LogP contribution >= 0.6 is 15.9 Å². The molecular formula is C14H11BrFNO2. The van der Waals surface area contributed by atoms with E-state index in [1.54, 1.807) is 25.1 Å². The van der Waals surface area contributed by atoms with Crippen molar-refractivity contribution in [3.8, 4) is 5.75 Å². The van der Waals surface area contributed by atoms with Crippen LogP contribution in [0.5, 0.6) is 5.75 Å². The van der Waals surface area contributed by atoms with E-state index in [0.29, 0.717) is 4.47 Å². The molecule has 0 spiro atoms. The topological polar surface area (TPSA) is 49.3 Å². The van der Waals surface area contributed by atoms with Gasteiger partial charge in [0.1, 0.15) is 11.6 Å². The third-order valence-corrected chi connectivity index (χ3v) is 3.07. The maximum Gasteiger partial charge on any atom is 0.259 e. The molecule has 2 rings (SSSR count). The van der Waals surface area contributed by atoms with E-state index in [9.17, 15) is 14.3 Å². The molecule has 98 valence electrons. The van der Waals surface area contributed by atoms with Crippen LogP contribution in [0, 0.1) is 12.7 Å². The molecule has 0 heterocycles. The fourth-order valence-electron chi connectivity index (χ4n) is 1.61. The minimum absolute atomic E-state index is 0.0640. The number of amides is 1. The Morgan fingerprint density at radius 1 is 1.26 bits per heavy atom. The summed E-state index contributed by atoms with van der Waals surface area (Å²) in [6.07, 6.45) is 0. The van der Waals surface area contributed by atoms with Crippen LogP contribution in [0.2, 0.25) is 0 Å². The molecule has 0 saturated heterocycles. The number of hydrogen-bond donors (Lipinski definition) is 2. The minimum atomic E-state index is -0.553. The molecule has 2 N–H and O–H groups in total. The Morgan fingerprint density at radius 2 is 2.00 bits per heavy atom. The van der Waals surface area contributed by atoms with Crippen molar-refractivity contribution in [1.82, 2.24) is 0 Å². The van der Waals surface area contributed by atoms with E-state index >= 15 is 0 Å². The van der Waals surface area contributed by atoms with E-state index < -0.39 is 11.7 Å². The van der Waals surface area contributed by atoms with Crippen LogP contribution in [0.3, 0.4) is 0 Å². The molecule has 0 aliphatic rings. The van der Waals surface area contributed by atoms with E-state index in [-0.39, 0.29) is 17.0 Å². The van der Waals surface area contributed by atoms with Gasteiger partial charge in [-0.2, -0.15) is 0 Å². The van der Waals surface area contributed by atoms with Crippen LogP contribution in [-0.4, -0.2) is 11.0 Å². The molecule has 3 nitrogen and oxygen atoms in total. The fraction of sp³-hybridized carbons (Fsp3) is 0.0714. The first-order valence-electron chi connectivity index (χ1n) is 5.53. The number of carbonyl (C=O) groups excluding carboxylic acids is 1. The second-order valence-corrected chi connectivity index (χ2v) is 5.01. The number of aromatic hydroxyl groups is 1. The molecule has 0 atom stereocenters. The van der Waals surface area contributed by atoms with Crippen molar-refractivity contribution < 1.29 is 14.3 Å². The SMILES string of the molecule is Cc1ccc(O)c(C(=O)Nc2ccc(Br)cc2F)c1. The van der Waals surface area contributed by atoms with E-state index in [1.807, 2.05) is 0 Å². The molecule has 0 aliphatic carbocycles. The third-order valence-electron chi connectivity index (χ3n) is 2.58. The average molecular weight is 324 g/mol. The Morgan fingerprint density at radius 3 is 2.68 bits per heavy atom. The van der Waals surface area contributed by atoms with E-state index in [1.165, 1.54) is 18.2 Å². The lowest BCUT2D eigenvalue weighted by atomic mass is 10.1. The Bertz CT molecular complexity index is 643. The van der Waals surface area contributed by atoms with Gasteiger partial charge in [0, 0.05) is 4.47 Å². The number of benzene rings is 2. The first-order valence-corrected chi connectivity index (χ1v) is 6.32. The Balaban J connectivity index is 2.28. The summed E-state index contributed by atoms with van der Waals surface area (Å²) < 4.78 is 14.2. The molecule has 1 amide bonds. The lowest BCUT2D eigenvalue weighted by Crippen LogP contribution is -2.13. The molecule has 0 unspecified atom stereocenters. The van der Waals surface area contributed by atoms with Crippen LogP contribution in [0.15, 0.2) is 40.9 Å². The lowest BCUT2D eigenvalue weighted by Gasteiger charge is -2.08. The molecule has 5 heteroatoms. The van der Waals surface area contributed by atoms with Gasteiger partial charge in [-0.15, -0.1) is 0 Å². The van der Waals surface area contributed by atoms with Crippen molar-refractivity contribution in [2.24, 2.45) is 0 Å². The van der Waals surface area contributed by atoms with Crippen molar-refractivity contribution in [2.75, 3.05) is 5.32 Å². The van der Waals surface area contributed by atoms with Gasteiger partial charge < -0.3 is 10.4 Å². The second-order valence-electron chi connectivity index (χ2n) is 4.10. The molecule has 2 aromatic carbocycles. The van der Waals surface area contributed by atoms with Gasteiger partial charge >= 0.3 is 0 Å². The zero-order valence-electron chi connectivity index (χ0n) is 10.1. The van der Waals surface area contributed by atoms with Gasteiger partial charge in [0.15, 0.2) is 0 Å². The second kappa shape index (κ2) is 5.40. The van der Waals surface area contributed by atoms with Gasteiger partial charge in [-0.1, -0.05) is 27.6 Å². The largest absolute Gasteiger partial charge is 0.507 e. The Labute approximate surface area is 118 Å². The normalized spacial score (nSPS) is 10.3. The number of halogens is 2. The van der Waals surface area contributed by atoms with Crippen molar-refractivity contribution in [1.29, 1.82) is 0 Å².